The number of nitrogen functional groups attached to an aromatic ring is 1. The molecule has 0 radical (unpaired) electrons. The Kier molecular flexibility index (Phi) is 5.94. The summed E-state index contributed by atoms with van der Waals surface area (Å²) in [6, 6.07) is 13.8. The van der Waals surface area contributed by atoms with Crippen molar-refractivity contribution in [3.63, 3.8) is 0 Å². The lowest BCUT2D eigenvalue weighted by molar-refractivity contribution is -0.125. The first-order chi connectivity index (χ1) is 14.1. The molecule has 2 aromatic carbocycles. The molecule has 0 aliphatic carbocycles. The van der Waals surface area contributed by atoms with Crippen molar-refractivity contribution in [3.8, 4) is 5.75 Å². The van der Waals surface area contributed by atoms with Crippen molar-refractivity contribution in [2.45, 2.75) is 37.6 Å². The molecule has 0 aromatic heterocycles. The second-order valence-electron chi connectivity index (χ2n) is 7.53. The predicted molar refractivity (Wildman–Crippen MR) is 113 cm³/mol. The van der Waals surface area contributed by atoms with E-state index in [9.17, 15) is 4.79 Å². The molecule has 1 amide bonds. The highest BCUT2D eigenvalue weighted by molar-refractivity contribution is 6.33. The van der Waals surface area contributed by atoms with E-state index in [1.54, 1.807) is 12.1 Å². The highest BCUT2D eigenvalue weighted by atomic mass is 35.5. The van der Waals surface area contributed by atoms with Crippen LogP contribution in [0.3, 0.4) is 0 Å². The number of ether oxygens (including phenoxy) is 2. The zero-order chi connectivity index (χ0) is 20.4. The van der Waals surface area contributed by atoms with Crippen molar-refractivity contribution >= 4 is 23.2 Å². The molecule has 6 nitrogen and oxygen atoms in total. The monoisotopic (exact) mass is 415 g/mol. The third kappa shape index (κ3) is 4.06. The van der Waals surface area contributed by atoms with Crippen molar-refractivity contribution in [2.75, 3.05) is 26.0 Å². The summed E-state index contributed by atoms with van der Waals surface area (Å²) in [6.07, 6.45) is 2.87. The number of nitrogens with zero attached hydrogens (tertiary/aromatic N) is 1. The van der Waals surface area contributed by atoms with Crippen molar-refractivity contribution < 1.29 is 14.3 Å². The molecule has 0 unspecified atom stereocenters. The number of methoxy groups -OCH3 is 1. The summed E-state index contributed by atoms with van der Waals surface area (Å²) in [4.78, 5) is 15.5. The minimum atomic E-state index is -0.385. The number of morpholine rings is 1. The third-order valence-corrected chi connectivity index (χ3v) is 6.12. The minimum Gasteiger partial charge on any atom is -0.496 e. The molecular weight excluding hydrogens is 390 g/mol. The molecule has 2 heterocycles. The van der Waals surface area contributed by atoms with Gasteiger partial charge in [0.05, 0.1) is 42.1 Å². The topological polar surface area (TPSA) is 76.8 Å². The van der Waals surface area contributed by atoms with Crippen molar-refractivity contribution in [2.24, 2.45) is 0 Å². The number of hydrogen-bond donors (Lipinski definition) is 2. The van der Waals surface area contributed by atoms with Gasteiger partial charge in [0.15, 0.2) is 0 Å². The van der Waals surface area contributed by atoms with Crippen molar-refractivity contribution in [1.82, 2.24) is 10.2 Å². The van der Waals surface area contributed by atoms with Crippen LogP contribution in [-0.2, 0) is 4.74 Å². The molecule has 0 spiro atoms. The van der Waals surface area contributed by atoms with Gasteiger partial charge in [-0.25, -0.2) is 0 Å². The fourth-order valence-electron chi connectivity index (χ4n) is 4.32. The highest BCUT2D eigenvalue weighted by Crippen LogP contribution is 2.35. The van der Waals surface area contributed by atoms with Gasteiger partial charge < -0.3 is 20.5 Å². The van der Waals surface area contributed by atoms with E-state index in [4.69, 9.17) is 26.8 Å². The smallest absolute Gasteiger partial charge is 0.257 e. The lowest BCUT2D eigenvalue weighted by Gasteiger charge is -2.48. The van der Waals surface area contributed by atoms with Crippen molar-refractivity contribution in [1.29, 1.82) is 0 Å². The summed E-state index contributed by atoms with van der Waals surface area (Å²) in [6.45, 7) is 1.53. The number of carbonyl (C=O) groups is 1. The fourth-order valence-corrected chi connectivity index (χ4v) is 4.48. The number of hydrogen-bond acceptors (Lipinski definition) is 5. The van der Waals surface area contributed by atoms with Gasteiger partial charge >= 0.3 is 0 Å². The maximum absolute atomic E-state index is 13.0. The van der Waals surface area contributed by atoms with Crippen LogP contribution >= 0.6 is 11.6 Å². The van der Waals surface area contributed by atoms with Gasteiger partial charge in [0.2, 0.25) is 0 Å². The first-order valence-corrected chi connectivity index (χ1v) is 10.3. The van der Waals surface area contributed by atoms with Gasteiger partial charge in [-0.15, -0.1) is 0 Å². The molecule has 7 heteroatoms. The molecule has 2 aromatic rings. The molecule has 0 bridgehead atoms. The Morgan fingerprint density at radius 1 is 1.28 bits per heavy atom. The molecule has 2 aliphatic heterocycles. The van der Waals surface area contributed by atoms with Gasteiger partial charge in [-0.1, -0.05) is 48.4 Å². The Morgan fingerprint density at radius 2 is 2.07 bits per heavy atom. The summed E-state index contributed by atoms with van der Waals surface area (Å²) < 4.78 is 11.5. The first-order valence-electron chi connectivity index (χ1n) is 9.94. The van der Waals surface area contributed by atoms with E-state index >= 15 is 0 Å². The third-order valence-electron chi connectivity index (χ3n) is 5.80. The predicted octanol–water partition coefficient (Wildman–Crippen LogP) is 3.61. The van der Waals surface area contributed by atoms with Crippen molar-refractivity contribution in [3.05, 3.63) is 58.6 Å². The number of nitrogens with one attached hydrogen (secondary N) is 1. The average Bonchev–Trinajstić information content (AvgIpc) is 2.76. The van der Waals surface area contributed by atoms with E-state index < -0.39 is 0 Å². The SMILES string of the molecule is COc1cc(N)c(Cl)cc1C(=O)N[C@@H]1OC[C@@H](c2ccccc2)N2CCCC[C@@H]12. The minimum absolute atomic E-state index is 0.127. The standard InChI is InChI=1S/C22H26ClN3O3/c1-28-20-12-17(24)16(23)11-15(20)21(27)25-22-18-9-5-6-10-26(18)19(13-29-22)14-7-3-2-4-8-14/h2-4,7-8,11-12,18-19,22H,5-6,9-10,13,24H2,1H3,(H,25,27)/t18-,19-,22+/m0/s1. The van der Waals surface area contributed by atoms with E-state index in [0.29, 0.717) is 28.6 Å². The van der Waals surface area contributed by atoms with Gasteiger partial charge in [-0.3, -0.25) is 9.69 Å². The second-order valence-corrected chi connectivity index (χ2v) is 7.94. The van der Waals surface area contributed by atoms with E-state index in [0.717, 1.165) is 25.8 Å². The maximum atomic E-state index is 13.0. The Labute approximate surface area is 175 Å². The second kappa shape index (κ2) is 8.61. The van der Waals surface area contributed by atoms with E-state index in [2.05, 4.69) is 34.5 Å². The van der Waals surface area contributed by atoms with Crippen LogP contribution in [0.5, 0.6) is 5.75 Å². The normalized spacial score (nSPS) is 24.6. The summed E-state index contributed by atoms with van der Waals surface area (Å²) in [5.41, 5.74) is 7.80. The van der Waals surface area contributed by atoms with Gasteiger partial charge in [0, 0.05) is 6.07 Å². The molecule has 3 N–H and O–H groups in total. The number of nitrogens with two attached hydrogens (primary N) is 1. The number of halogens is 1. The maximum Gasteiger partial charge on any atom is 0.257 e. The molecule has 2 saturated heterocycles. The number of benzene rings is 2. The van der Waals surface area contributed by atoms with Gasteiger partial charge in [0.25, 0.3) is 5.91 Å². The summed E-state index contributed by atoms with van der Waals surface area (Å²) in [7, 11) is 1.50. The van der Waals surface area contributed by atoms with Crippen LogP contribution in [0.4, 0.5) is 5.69 Å². The highest BCUT2D eigenvalue weighted by Gasteiger charge is 2.40. The lowest BCUT2D eigenvalue weighted by Crippen LogP contribution is -2.60. The van der Waals surface area contributed by atoms with Crippen LogP contribution in [0.2, 0.25) is 5.02 Å². The summed E-state index contributed by atoms with van der Waals surface area (Å²) in [5.74, 6) is 0.111. The first kappa shape index (κ1) is 20.0. The van der Waals surface area contributed by atoms with Crippen LogP contribution < -0.4 is 15.8 Å². The molecular formula is C22H26ClN3O3. The Balaban J connectivity index is 1.54. The molecule has 2 aliphatic rings. The zero-order valence-corrected chi connectivity index (χ0v) is 17.2. The van der Waals surface area contributed by atoms with E-state index in [1.807, 2.05) is 6.07 Å². The number of amides is 1. The molecule has 4 rings (SSSR count). The molecule has 3 atom stereocenters. The quantitative estimate of drug-likeness (QED) is 0.746. The van der Waals surface area contributed by atoms with Crippen LogP contribution in [-0.4, -0.2) is 43.3 Å². The Hall–Kier alpha value is -2.28. The molecule has 29 heavy (non-hydrogen) atoms. The van der Waals surface area contributed by atoms with E-state index in [1.165, 1.54) is 12.7 Å². The number of rotatable bonds is 4. The average molecular weight is 416 g/mol. The van der Waals surface area contributed by atoms with Crippen LogP contribution in [0.25, 0.3) is 0 Å². The Morgan fingerprint density at radius 3 is 2.83 bits per heavy atom. The number of carbonyl (C=O) groups excluding carboxylic acids is 1. The fraction of sp³-hybridized carbons (Fsp3) is 0.409. The lowest BCUT2D eigenvalue weighted by atomic mass is 9.93. The van der Waals surface area contributed by atoms with Gasteiger partial charge in [-0.05, 0) is 31.0 Å². The van der Waals surface area contributed by atoms with Gasteiger partial charge in [-0.2, -0.15) is 0 Å². The Bertz CT molecular complexity index is 877. The largest absolute Gasteiger partial charge is 0.496 e. The molecule has 0 saturated carbocycles. The van der Waals surface area contributed by atoms with Crippen LogP contribution in [0.15, 0.2) is 42.5 Å². The van der Waals surface area contributed by atoms with Gasteiger partial charge in [0.1, 0.15) is 12.0 Å². The summed E-state index contributed by atoms with van der Waals surface area (Å²) in [5, 5.41) is 3.37. The number of fused-ring (bicyclic) bond motifs is 1. The van der Waals surface area contributed by atoms with E-state index in [-0.39, 0.29) is 24.2 Å². The number of piperidine rings is 1. The summed E-state index contributed by atoms with van der Waals surface area (Å²) >= 11 is 6.13. The molecule has 154 valence electrons. The van der Waals surface area contributed by atoms with Crippen LogP contribution in [0, 0.1) is 0 Å². The number of anilines is 1. The molecule has 2 fully saturated rings. The van der Waals surface area contributed by atoms with Crippen LogP contribution in [0.1, 0.15) is 41.2 Å². The zero-order valence-electron chi connectivity index (χ0n) is 16.4.